The molecule has 0 aliphatic rings. The van der Waals surface area contributed by atoms with E-state index in [0.29, 0.717) is 12.1 Å². The fourth-order valence-electron chi connectivity index (χ4n) is 2.61. The van der Waals surface area contributed by atoms with E-state index < -0.39 is 10.0 Å². The zero-order valence-electron chi connectivity index (χ0n) is 14.9. The molecule has 0 spiro atoms. The Bertz CT molecular complexity index is 824. The van der Waals surface area contributed by atoms with Crippen molar-refractivity contribution in [2.45, 2.75) is 25.8 Å². The molecule has 0 aliphatic heterocycles. The number of hydrogen-bond acceptors (Lipinski definition) is 3. The summed E-state index contributed by atoms with van der Waals surface area (Å²) in [6, 6.07) is 14.5. The number of carbonyl (C=O) groups excluding carboxylic acids is 1. The van der Waals surface area contributed by atoms with Gasteiger partial charge in [-0.25, -0.2) is 12.8 Å². The molecule has 0 saturated heterocycles. The van der Waals surface area contributed by atoms with Crippen LogP contribution in [0.5, 0.6) is 0 Å². The molecule has 140 valence electrons. The Balaban J connectivity index is 1.89. The Kier molecular flexibility index (Phi) is 6.74. The van der Waals surface area contributed by atoms with E-state index in [-0.39, 0.29) is 30.7 Å². The standard InChI is InChI=1S/C19H23FN2O3S/c1-15(16-10-12-17(20)13-11-16)21-19(23)9-6-14-22(26(2,24)25)18-7-4-3-5-8-18/h3-5,7-8,10-13,15H,6,9,14H2,1-2H3,(H,21,23). The number of nitrogens with zero attached hydrogens (tertiary/aromatic N) is 1. The molecule has 0 saturated carbocycles. The second kappa shape index (κ2) is 8.80. The molecule has 1 atom stereocenters. The number of anilines is 1. The summed E-state index contributed by atoms with van der Waals surface area (Å²) < 4.78 is 38.2. The lowest BCUT2D eigenvalue weighted by molar-refractivity contribution is -0.121. The zero-order chi connectivity index (χ0) is 19.2. The topological polar surface area (TPSA) is 66.5 Å². The normalized spacial score (nSPS) is 12.4. The van der Waals surface area contributed by atoms with E-state index in [9.17, 15) is 17.6 Å². The van der Waals surface area contributed by atoms with Gasteiger partial charge in [-0.15, -0.1) is 0 Å². The molecular weight excluding hydrogens is 355 g/mol. The van der Waals surface area contributed by atoms with Crippen LogP contribution in [0.15, 0.2) is 54.6 Å². The molecule has 0 heterocycles. The van der Waals surface area contributed by atoms with Crippen LogP contribution in [0.1, 0.15) is 31.4 Å². The fraction of sp³-hybridized carbons (Fsp3) is 0.316. The lowest BCUT2D eigenvalue weighted by Crippen LogP contribution is -2.32. The van der Waals surface area contributed by atoms with Crippen molar-refractivity contribution >= 4 is 21.6 Å². The number of nitrogens with one attached hydrogen (secondary N) is 1. The summed E-state index contributed by atoms with van der Waals surface area (Å²) in [5.74, 6) is -0.502. The largest absolute Gasteiger partial charge is 0.350 e. The van der Waals surface area contributed by atoms with Gasteiger partial charge in [0.2, 0.25) is 15.9 Å². The third-order valence-corrected chi connectivity index (χ3v) is 5.15. The van der Waals surface area contributed by atoms with Crippen molar-refractivity contribution in [1.82, 2.24) is 5.32 Å². The van der Waals surface area contributed by atoms with Crippen molar-refractivity contribution in [2.24, 2.45) is 0 Å². The lowest BCUT2D eigenvalue weighted by atomic mass is 10.1. The van der Waals surface area contributed by atoms with Gasteiger partial charge in [0.15, 0.2) is 0 Å². The van der Waals surface area contributed by atoms with Crippen LogP contribution in [0.4, 0.5) is 10.1 Å². The fourth-order valence-corrected chi connectivity index (χ4v) is 3.58. The number of carbonyl (C=O) groups is 1. The zero-order valence-corrected chi connectivity index (χ0v) is 15.7. The molecule has 1 N–H and O–H groups in total. The first-order chi connectivity index (χ1) is 12.3. The Hall–Kier alpha value is -2.41. The minimum absolute atomic E-state index is 0.177. The molecule has 0 aliphatic carbocycles. The van der Waals surface area contributed by atoms with Gasteiger partial charge in [0.05, 0.1) is 18.0 Å². The summed E-state index contributed by atoms with van der Waals surface area (Å²) in [6.45, 7) is 2.04. The molecular formula is C19H23FN2O3S. The van der Waals surface area contributed by atoms with E-state index >= 15 is 0 Å². The molecule has 2 rings (SSSR count). The van der Waals surface area contributed by atoms with E-state index in [1.54, 1.807) is 36.4 Å². The van der Waals surface area contributed by atoms with Crippen molar-refractivity contribution in [3.8, 4) is 0 Å². The highest BCUT2D eigenvalue weighted by molar-refractivity contribution is 7.92. The van der Waals surface area contributed by atoms with E-state index in [1.807, 2.05) is 13.0 Å². The average molecular weight is 378 g/mol. The second-order valence-electron chi connectivity index (χ2n) is 6.11. The summed E-state index contributed by atoms with van der Waals surface area (Å²) in [5.41, 5.74) is 1.39. The number of para-hydroxylation sites is 1. The van der Waals surface area contributed by atoms with E-state index in [2.05, 4.69) is 5.32 Å². The number of amides is 1. The highest BCUT2D eigenvalue weighted by atomic mass is 32.2. The third-order valence-electron chi connectivity index (χ3n) is 3.96. The maximum atomic E-state index is 13.0. The minimum atomic E-state index is -3.42. The minimum Gasteiger partial charge on any atom is -0.350 e. The lowest BCUT2D eigenvalue weighted by Gasteiger charge is -2.22. The molecule has 0 aromatic heterocycles. The highest BCUT2D eigenvalue weighted by Gasteiger charge is 2.17. The Labute approximate surface area is 153 Å². The SMILES string of the molecule is CC(NC(=O)CCCN(c1ccccc1)S(C)(=O)=O)c1ccc(F)cc1. The Morgan fingerprint density at radius 3 is 2.31 bits per heavy atom. The number of halogens is 1. The van der Waals surface area contributed by atoms with Crippen LogP contribution < -0.4 is 9.62 Å². The van der Waals surface area contributed by atoms with Crippen LogP contribution in [0.25, 0.3) is 0 Å². The predicted molar refractivity (Wildman–Crippen MR) is 101 cm³/mol. The summed E-state index contributed by atoms with van der Waals surface area (Å²) in [4.78, 5) is 12.1. The van der Waals surface area contributed by atoms with Crippen LogP contribution >= 0.6 is 0 Å². The predicted octanol–water partition coefficient (Wildman–Crippen LogP) is 3.25. The van der Waals surface area contributed by atoms with Crippen molar-refractivity contribution in [2.75, 3.05) is 17.1 Å². The summed E-state index contributed by atoms with van der Waals surface area (Å²) in [7, 11) is -3.42. The van der Waals surface area contributed by atoms with Crippen molar-refractivity contribution in [3.63, 3.8) is 0 Å². The van der Waals surface area contributed by atoms with Crippen molar-refractivity contribution in [1.29, 1.82) is 0 Å². The van der Waals surface area contributed by atoms with Gasteiger partial charge in [0, 0.05) is 13.0 Å². The summed E-state index contributed by atoms with van der Waals surface area (Å²) in [5, 5.41) is 2.84. The molecule has 1 amide bonds. The monoisotopic (exact) mass is 378 g/mol. The van der Waals surface area contributed by atoms with Gasteiger partial charge in [-0.3, -0.25) is 9.10 Å². The van der Waals surface area contributed by atoms with E-state index in [4.69, 9.17) is 0 Å². The molecule has 5 nitrogen and oxygen atoms in total. The van der Waals surface area contributed by atoms with Crippen LogP contribution in [-0.2, 0) is 14.8 Å². The van der Waals surface area contributed by atoms with Gasteiger partial charge < -0.3 is 5.32 Å². The smallest absolute Gasteiger partial charge is 0.232 e. The van der Waals surface area contributed by atoms with Gasteiger partial charge in [0.1, 0.15) is 5.82 Å². The molecule has 0 bridgehead atoms. The van der Waals surface area contributed by atoms with Crippen LogP contribution in [0.2, 0.25) is 0 Å². The summed E-state index contributed by atoms with van der Waals surface area (Å²) in [6.07, 6.45) is 1.74. The van der Waals surface area contributed by atoms with Crippen molar-refractivity contribution < 1.29 is 17.6 Å². The number of sulfonamides is 1. The van der Waals surface area contributed by atoms with Crippen LogP contribution in [-0.4, -0.2) is 27.1 Å². The first-order valence-corrected chi connectivity index (χ1v) is 10.2. The van der Waals surface area contributed by atoms with Crippen molar-refractivity contribution in [3.05, 3.63) is 66.0 Å². The summed E-state index contributed by atoms with van der Waals surface area (Å²) >= 11 is 0. The maximum Gasteiger partial charge on any atom is 0.232 e. The van der Waals surface area contributed by atoms with Gasteiger partial charge in [-0.1, -0.05) is 30.3 Å². The second-order valence-corrected chi connectivity index (χ2v) is 8.02. The quantitative estimate of drug-likeness (QED) is 0.767. The first-order valence-electron chi connectivity index (χ1n) is 8.35. The number of hydrogen-bond donors (Lipinski definition) is 1. The van der Waals surface area contributed by atoms with Crippen LogP contribution in [0.3, 0.4) is 0 Å². The first kappa shape index (κ1) is 19.9. The molecule has 1 unspecified atom stereocenters. The molecule has 2 aromatic rings. The number of rotatable bonds is 8. The highest BCUT2D eigenvalue weighted by Crippen LogP contribution is 2.18. The molecule has 26 heavy (non-hydrogen) atoms. The molecule has 2 aromatic carbocycles. The molecule has 0 radical (unpaired) electrons. The van der Waals surface area contributed by atoms with Gasteiger partial charge in [-0.2, -0.15) is 0 Å². The van der Waals surface area contributed by atoms with Crippen LogP contribution in [0, 0.1) is 5.82 Å². The van der Waals surface area contributed by atoms with Gasteiger partial charge in [0.25, 0.3) is 0 Å². The van der Waals surface area contributed by atoms with E-state index in [1.165, 1.54) is 16.4 Å². The third kappa shape index (κ3) is 5.84. The Morgan fingerprint density at radius 1 is 1.12 bits per heavy atom. The number of benzene rings is 2. The van der Waals surface area contributed by atoms with E-state index in [0.717, 1.165) is 11.8 Å². The maximum absolute atomic E-state index is 13.0. The average Bonchev–Trinajstić information content (AvgIpc) is 2.59. The van der Waals surface area contributed by atoms with Gasteiger partial charge >= 0.3 is 0 Å². The van der Waals surface area contributed by atoms with Gasteiger partial charge in [-0.05, 0) is 43.2 Å². The Morgan fingerprint density at radius 2 is 1.73 bits per heavy atom. The molecule has 7 heteroatoms. The molecule has 0 fully saturated rings.